The Kier molecular flexibility index (Phi) is 5.86. The van der Waals surface area contributed by atoms with Crippen LogP contribution in [0.3, 0.4) is 0 Å². The molecule has 1 aromatic heterocycles. The van der Waals surface area contributed by atoms with Crippen LogP contribution in [0.15, 0.2) is 71.8 Å². The number of rotatable bonds is 8. The SMILES string of the molecule is O=C(O)C(CCCc1ccccc1)CS(=O)(=O)c1cnc2ccccc2c1. The highest BCUT2D eigenvalue weighted by molar-refractivity contribution is 7.91. The highest BCUT2D eigenvalue weighted by atomic mass is 32.2. The molecule has 0 aliphatic heterocycles. The van der Waals surface area contributed by atoms with Gasteiger partial charge in [-0.15, -0.1) is 0 Å². The van der Waals surface area contributed by atoms with Crippen molar-refractivity contribution in [2.45, 2.75) is 24.2 Å². The van der Waals surface area contributed by atoms with Gasteiger partial charge in [0.15, 0.2) is 9.84 Å². The van der Waals surface area contributed by atoms with Gasteiger partial charge in [0.2, 0.25) is 0 Å². The second-order valence-electron chi connectivity index (χ2n) is 6.56. The molecule has 0 spiro atoms. The molecule has 1 heterocycles. The van der Waals surface area contributed by atoms with E-state index in [2.05, 4.69) is 4.98 Å². The molecule has 1 atom stereocenters. The first-order chi connectivity index (χ1) is 13.0. The number of fused-ring (bicyclic) bond motifs is 1. The van der Waals surface area contributed by atoms with Crippen molar-refractivity contribution in [3.05, 3.63) is 72.4 Å². The van der Waals surface area contributed by atoms with E-state index in [0.29, 0.717) is 18.4 Å². The first-order valence-corrected chi connectivity index (χ1v) is 10.5. The van der Waals surface area contributed by atoms with Gasteiger partial charge in [-0.2, -0.15) is 0 Å². The number of carboxylic acid groups (broad SMARTS) is 1. The lowest BCUT2D eigenvalue weighted by Gasteiger charge is -2.13. The first-order valence-electron chi connectivity index (χ1n) is 8.80. The van der Waals surface area contributed by atoms with E-state index in [1.54, 1.807) is 18.2 Å². The van der Waals surface area contributed by atoms with Crippen LogP contribution in [0.4, 0.5) is 0 Å². The maximum Gasteiger partial charge on any atom is 0.307 e. The summed E-state index contributed by atoms with van der Waals surface area (Å²) in [4.78, 5) is 15.8. The zero-order chi connectivity index (χ0) is 19.3. The predicted molar refractivity (Wildman–Crippen MR) is 104 cm³/mol. The molecule has 3 aromatic rings. The van der Waals surface area contributed by atoms with Gasteiger partial charge in [-0.3, -0.25) is 9.78 Å². The van der Waals surface area contributed by atoms with E-state index in [4.69, 9.17) is 0 Å². The van der Waals surface area contributed by atoms with Crippen molar-refractivity contribution in [1.29, 1.82) is 0 Å². The van der Waals surface area contributed by atoms with Crippen LogP contribution in [0.25, 0.3) is 10.9 Å². The van der Waals surface area contributed by atoms with Crippen molar-refractivity contribution < 1.29 is 18.3 Å². The van der Waals surface area contributed by atoms with Gasteiger partial charge >= 0.3 is 5.97 Å². The minimum absolute atomic E-state index is 0.0653. The number of nitrogens with zero attached hydrogens (tertiary/aromatic N) is 1. The smallest absolute Gasteiger partial charge is 0.307 e. The summed E-state index contributed by atoms with van der Waals surface area (Å²) in [5.74, 6) is -2.44. The Labute approximate surface area is 158 Å². The number of aryl methyl sites for hydroxylation is 1. The molecular weight excluding hydrogens is 362 g/mol. The molecular formula is C21H21NO4S. The molecule has 0 radical (unpaired) electrons. The van der Waals surface area contributed by atoms with Crippen LogP contribution in [0.1, 0.15) is 18.4 Å². The Morgan fingerprint density at radius 2 is 1.74 bits per heavy atom. The van der Waals surface area contributed by atoms with Gasteiger partial charge in [0.25, 0.3) is 0 Å². The molecule has 1 unspecified atom stereocenters. The molecule has 140 valence electrons. The van der Waals surface area contributed by atoms with Crippen molar-refractivity contribution in [2.75, 3.05) is 5.75 Å². The average Bonchev–Trinajstić information content (AvgIpc) is 2.67. The Balaban J connectivity index is 1.71. The number of para-hydroxylation sites is 1. The Morgan fingerprint density at radius 1 is 1.04 bits per heavy atom. The zero-order valence-corrected chi connectivity index (χ0v) is 15.6. The number of aliphatic carboxylic acids is 1. The van der Waals surface area contributed by atoms with E-state index in [0.717, 1.165) is 17.4 Å². The van der Waals surface area contributed by atoms with Crippen LogP contribution in [0, 0.1) is 5.92 Å². The maximum absolute atomic E-state index is 12.7. The number of sulfone groups is 1. The van der Waals surface area contributed by atoms with Crippen molar-refractivity contribution in [3.63, 3.8) is 0 Å². The summed E-state index contributed by atoms with van der Waals surface area (Å²) in [7, 11) is -3.73. The van der Waals surface area contributed by atoms with Gasteiger partial charge in [-0.25, -0.2) is 8.42 Å². The maximum atomic E-state index is 12.7. The number of pyridine rings is 1. The second kappa shape index (κ2) is 8.31. The van der Waals surface area contributed by atoms with Gasteiger partial charge in [-0.05, 0) is 37.0 Å². The highest BCUT2D eigenvalue weighted by Crippen LogP contribution is 2.21. The van der Waals surface area contributed by atoms with Gasteiger partial charge in [0.1, 0.15) is 0 Å². The lowest BCUT2D eigenvalue weighted by molar-refractivity contribution is -0.141. The molecule has 2 aromatic carbocycles. The predicted octanol–water partition coefficient (Wildman–Crippen LogP) is 3.73. The molecule has 0 amide bonds. The van der Waals surface area contributed by atoms with E-state index in [1.165, 1.54) is 6.20 Å². The number of carbonyl (C=O) groups is 1. The number of hydrogen-bond acceptors (Lipinski definition) is 4. The van der Waals surface area contributed by atoms with Crippen molar-refractivity contribution in [2.24, 2.45) is 5.92 Å². The third kappa shape index (κ3) is 4.92. The fourth-order valence-corrected chi connectivity index (χ4v) is 4.61. The summed E-state index contributed by atoms with van der Waals surface area (Å²) in [5.41, 5.74) is 1.82. The van der Waals surface area contributed by atoms with Crippen molar-refractivity contribution in [3.8, 4) is 0 Å². The standard InChI is InChI=1S/C21H21NO4S/c23-21(24)18(11-6-9-16-7-2-1-3-8-16)15-27(25,26)19-13-17-10-4-5-12-20(17)22-14-19/h1-5,7-8,10,12-14,18H,6,9,11,15H2,(H,23,24). The van der Waals surface area contributed by atoms with Crippen LogP contribution >= 0.6 is 0 Å². The monoisotopic (exact) mass is 383 g/mol. The van der Waals surface area contributed by atoms with Crippen molar-refractivity contribution in [1.82, 2.24) is 4.98 Å². The van der Waals surface area contributed by atoms with Gasteiger partial charge in [-0.1, -0.05) is 48.5 Å². The molecule has 27 heavy (non-hydrogen) atoms. The summed E-state index contributed by atoms with van der Waals surface area (Å²) in [6.07, 6.45) is 2.96. The molecule has 0 bridgehead atoms. The highest BCUT2D eigenvalue weighted by Gasteiger charge is 2.26. The summed E-state index contributed by atoms with van der Waals surface area (Å²) < 4.78 is 25.4. The molecule has 1 N–H and O–H groups in total. The molecule has 0 saturated heterocycles. The molecule has 0 aliphatic carbocycles. The van der Waals surface area contributed by atoms with E-state index >= 15 is 0 Å². The molecule has 5 nitrogen and oxygen atoms in total. The normalized spacial score (nSPS) is 12.7. The Morgan fingerprint density at radius 3 is 2.48 bits per heavy atom. The fraction of sp³-hybridized carbons (Fsp3) is 0.238. The Hall–Kier alpha value is -2.73. The average molecular weight is 383 g/mol. The summed E-state index contributed by atoms with van der Waals surface area (Å²) in [6.45, 7) is 0. The first kappa shape index (κ1) is 19.0. The van der Waals surface area contributed by atoms with E-state index in [-0.39, 0.29) is 4.90 Å². The summed E-state index contributed by atoms with van der Waals surface area (Å²) >= 11 is 0. The second-order valence-corrected chi connectivity index (χ2v) is 8.59. The van der Waals surface area contributed by atoms with Crippen LogP contribution in [-0.4, -0.2) is 30.2 Å². The molecule has 0 aliphatic rings. The van der Waals surface area contributed by atoms with Crippen LogP contribution in [-0.2, 0) is 21.1 Å². The lowest BCUT2D eigenvalue weighted by Crippen LogP contribution is -2.24. The van der Waals surface area contributed by atoms with E-state index in [9.17, 15) is 18.3 Å². The molecule has 0 fully saturated rings. The van der Waals surface area contributed by atoms with E-state index in [1.807, 2.05) is 42.5 Å². The van der Waals surface area contributed by atoms with Gasteiger partial charge in [0, 0.05) is 11.6 Å². The fourth-order valence-electron chi connectivity index (χ4n) is 3.06. The molecule has 0 saturated carbocycles. The summed E-state index contributed by atoms with van der Waals surface area (Å²) in [6, 6.07) is 18.5. The van der Waals surface area contributed by atoms with Gasteiger partial charge in [0.05, 0.1) is 22.1 Å². The zero-order valence-electron chi connectivity index (χ0n) is 14.8. The minimum atomic E-state index is -3.73. The van der Waals surface area contributed by atoms with Crippen molar-refractivity contribution >= 4 is 26.7 Å². The van der Waals surface area contributed by atoms with Gasteiger partial charge < -0.3 is 5.11 Å². The van der Waals surface area contributed by atoms with Crippen LogP contribution in [0.2, 0.25) is 0 Å². The summed E-state index contributed by atoms with van der Waals surface area (Å²) in [5, 5.41) is 10.2. The Bertz CT molecular complexity index is 1030. The number of hydrogen-bond donors (Lipinski definition) is 1. The van der Waals surface area contributed by atoms with Crippen LogP contribution in [0.5, 0.6) is 0 Å². The topological polar surface area (TPSA) is 84.3 Å². The third-order valence-electron chi connectivity index (χ3n) is 4.56. The van der Waals surface area contributed by atoms with E-state index < -0.39 is 27.5 Å². The lowest BCUT2D eigenvalue weighted by atomic mass is 10.0. The molecule has 6 heteroatoms. The largest absolute Gasteiger partial charge is 0.481 e. The quantitative estimate of drug-likeness (QED) is 0.641. The number of carboxylic acids is 1. The third-order valence-corrected chi connectivity index (χ3v) is 6.34. The minimum Gasteiger partial charge on any atom is -0.481 e. The molecule has 3 rings (SSSR count). The van der Waals surface area contributed by atoms with Crippen LogP contribution < -0.4 is 0 Å². The number of aromatic nitrogens is 1. The number of benzene rings is 2.